The zero-order chi connectivity index (χ0) is 15.4. The zero-order valence-corrected chi connectivity index (χ0v) is 11.4. The third-order valence-electron chi connectivity index (χ3n) is 2.82. The summed E-state index contributed by atoms with van der Waals surface area (Å²) in [5.41, 5.74) is 0.586. The number of carboxylic acids is 1. The molecule has 0 aromatic carbocycles. The Labute approximate surface area is 114 Å². The molecule has 0 saturated heterocycles. The number of carbonyl (C=O) groups excluding carboxylic acids is 1. The van der Waals surface area contributed by atoms with Crippen LogP contribution in [-0.4, -0.2) is 37.7 Å². The van der Waals surface area contributed by atoms with Crippen LogP contribution in [0.4, 0.5) is 5.69 Å². The third kappa shape index (κ3) is 3.53. The molecule has 0 bridgehead atoms. The molecule has 0 aliphatic heterocycles. The minimum atomic E-state index is -1.12. The van der Waals surface area contributed by atoms with Crippen molar-refractivity contribution in [3.8, 4) is 0 Å². The molecule has 1 atom stereocenters. The minimum absolute atomic E-state index is 0.00324. The molecule has 0 aliphatic rings. The van der Waals surface area contributed by atoms with Crippen LogP contribution in [0.3, 0.4) is 0 Å². The molecular weight excluding hydrogens is 268 g/mol. The zero-order valence-electron chi connectivity index (χ0n) is 11.4. The van der Waals surface area contributed by atoms with Gasteiger partial charge in [-0.15, -0.1) is 0 Å². The van der Waals surface area contributed by atoms with Crippen molar-refractivity contribution in [1.82, 2.24) is 15.1 Å². The summed E-state index contributed by atoms with van der Waals surface area (Å²) >= 11 is 0. The predicted octanol–water partition coefficient (Wildman–Crippen LogP) is 0.388. The Kier molecular flexibility index (Phi) is 4.78. The molecule has 2 N–H and O–H groups in total. The Balaban J connectivity index is 2.67. The molecule has 1 amide bonds. The summed E-state index contributed by atoms with van der Waals surface area (Å²) in [6.07, 6.45) is -0.00324. The Morgan fingerprint density at radius 2 is 2.10 bits per heavy atom. The highest BCUT2D eigenvalue weighted by Crippen LogP contribution is 2.21. The second-order valence-electron chi connectivity index (χ2n) is 4.38. The van der Waals surface area contributed by atoms with E-state index >= 15 is 0 Å². The fourth-order valence-corrected chi connectivity index (χ4v) is 1.75. The van der Waals surface area contributed by atoms with Gasteiger partial charge in [0.15, 0.2) is 0 Å². The number of rotatable bonds is 6. The van der Waals surface area contributed by atoms with Crippen molar-refractivity contribution in [3.05, 3.63) is 21.5 Å². The number of amides is 1. The maximum atomic E-state index is 11.5. The first kappa shape index (κ1) is 15.6. The van der Waals surface area contributed by atoms with E-state index in [2.05, 4.69) is 10.4 Å². The molecule has 0 spiro atoms. The van der Waals surface area contributed by atoms with Crippen molar-refractivity contribution in [2.75, 3.05) is 0 Å². The van der Waals surface area contributed by atoms with Crippen molar-refractivity contribution in [2.24, 2.45) is 0 Å². The van der Waals surface area contributed by atoms with Gasteiger partial charge in [-0.1, -0.05) is 0 Å². The van der Waals surface area contributed by atoms with Crippen LogP contribution in [0.25, 0.3) is 0 Å². The van der Waals surface area contributed by atoms with E-state index < -0.39 is 22.8 Å². The second-order valence-corrected chi connectivity index (χ2v) is 4.38. The number of hydrogen-bond donors (Lipinski definition) is 2. The summed E-state index contributed by atoms with van der Waals surface area (Å²) < 4.78 is 1.37. The van der Waals surface area contributed by atoms with E-state index in [1.807, 2.05) is 0 Å². The normalized spacial score (nSPS) is 11.9. The van der Waals surface area contributed by atoms with E-state index in [4.69, 9.17) is 5.11 Å². The number of carbonyl (C=O) groups is 2. The highest BCUT2D eigenvalue weighted by atomic mass is 16.6. The Morgan fingerprint density at radius 1 is 1.50 bits per heavy atom. The maximum Gasteiger partial charge on any atom is 0.325 e. The van der Waals surface area contributed by atoms with Crippen LogP contribution in [0.1, 0.15) is 24.7 Å². The summed E-state index contributed by atoms with van der Waals surface area (Å²) in [6.45, 7) is 4.58. The molecule has 0 unspecified atom stereocenters. The van der Waals surface area contributed by atoms with Crippen molar-refractivity contribution >= 4 is 17.6 Å². The number of nitro groups is 1. The molecule has 0 aliphatic carbocycles. The molecule has 1 heterocycles. The number of carboxylic acid groups (broad SMARTS) is 1. The molecule has 0 fully saturated rings. The van der Waals surface area contributed by atoms with Gasteiger partial charge in [0, 0.05) is 6.42 Å². The second kappa shape index (κ2) is 6.13. The maximum absolute atomic E-state index is 11.5. The van der Waals surface area contributed by atoms with Crippen LogP contribution in [0, 0.1) is 24.0 Å². The van der Waals surface area contributed by atoms with E-state index in [9.17, 15) is 19.7 Å². The lowest BCUT2D eigenvalue weighted by Crippen LogP contribution is -2.38. The number of aromatic nitrogens is 2. The molecule has 110 valence electrons. The summed E-state index contributed by atoms with van der Waals surface area (Å²) in [7, 11) is 0. The molecular formula is C11H16N4O5. The Bertz CT molecular complexity index is 551. The van der Waals surface area contributed by atoms with Crippen LogP contribution < -0.4 is 5.32 Å². The molecule has 9 nitrogen and oxygen atoms in total. The standard InChI is InChI=1S/C11H16N4O5/c1-6-10(15(19)20)8(3)14(13-6)5-4-9(16)12-7(2)11(17)18/h7H,4-5H2,1-3H3,(H,12,16)(H,17,18)/t7-/m1/s1. The van der Waals surface area contributed by atoms with Crippen molar-refractivity contribution in [3.63, 3.8) is 0 Å². The first-order valence-electron chi connectivity index (χ1n) is 5.94. The van der Waals surface area contributed by atoms with Crippen LogP contribution in [0.5, 0.6) is 0 Å². The molecule has 20 heavy (non-hydrogen) atoms. The Morgan fingerprint density at radius 3 is 2.55 bits per heavy atom. The van der Waals surface area contributed by atoms with E-state index in [1.54, 1.807) is 6.92 Å². The fraction of sp³-hybridized carbons (Fsp3) is 0.545. The van der Waals surface area contributed by atoms with Gasteiger partial charge in [-0.2, -0.15) is 5.10 Å². The highest BCUT2D eigenvalue weighted by Gasteiger charge is 2.22. The molecule has 1 rings (SSSR count). The van der Waals surface area contributed by atoms with Gasteiger partial charge in [-0.25, -0.2) is 0 Å². The smallest absolute Gasteiger partial charge is 0.325 e. The number of nitrogens with zero attached hydrogens (tertiary/aromatic N) is 3. The van der Waals surface area contributed by atoms with Crippen LogP contribution >= 0.6 is 0 Å². The largest absolute Gasteiger partial charge is 0.480 e. The van der Waals surface area contributed by atoms with Gasteiger partial charge in [0.05, 0.1) is 11.5 Å². The fourth-order valence-electron chi connectivity index (χ4n) is 1.75. The lowest BCUT2D eigenvalue weighted by molar-refractivity contribution is -0.386. The highest BCUT2D eigenvalue weighted by molar-refractivity contribution is 5.83. The summed E-state index contributed by atoms with van der Waals surface area (Å²) in [6, 6.07) is -0.975. The van der Waals surface area contributed by atoms with E-state index in [0.717, 1.165) is 0 Å². The minimum Gasteiger partial charge on any atom is -0.480 e. The topological polar surface area (TPSA) is 127 Å². The van der Waals surface area contributed by atoms with Crippen LogP contribution in [0.2, 0.25) is 0 Å². The van der Waals surface area contributed by atoms with Crippen molar-refractivity contribution < 1.29 is 19.6 Å². The molecule has 1 aromatic heterocycles. The van der Waals surface area contributed by atoms with Gasteiger partial charge >= 0.3 is 11.7 Å². The number of hydrogen-bond acceptors (Lipinski definition) is 5. The number of aliphatic carboxylic acids is 1. The third-order valence-corrected chi connectivity index (χ3v) is 2.82. The van der Waals surface area contributed by atoms with Crippen LogP contribution in [-0.2, 0) is 16.1 Å². The van der Waals surface area contributed by atoms with Gasteiger partial charge in [0.1, 0.15) is 17.4 Å². The average molecular weight is 284 g/mol. The van der Waals surface area contributed by atoms with Gasteiger partial charge in [-0.3, -0.25) is 24.4 Å². The average Bonchev–Trinajstić information content (AvgIpc) is 2.61. The summed E-state index contributed by atoms with van der Waals surface area (Å²) in [5.74, 6) is -1.57. The van der Waals surface area contributed by atoms with E-state index in [-0.39, 0.29) is 24.3 Å². The number of nitrogens with one attached hydrogen (secondary N) is 1. The van der Waals surface area contributed by atoms with Gasteiger partial charge in [0.25, 0.3) is 0 Å². The number of aryl methyl sites for hydroxylation is 2. The molecule has 0 saturated carbocycles. The molecule has 9 heteroatoms. The van der Waals surface area contributed by atoms with E-state index in [1.165, 1.54) is 18.5 Å². The predicted molar refractivity (Wildman–Crippen MR) is 68.2 cm³/mol. The molecule has 1 aromatic rings. The quantitative estimate of drug-likeness (QED) is 0.574. The van der Waals surface area contributed by atoms with Gasteiger partial charge in [-0.05, 0) is 20.8 Å². The first-order valence-corrected chi connectivity index (χ1v) is 5.94. The van der Waals surface area contributed by atoms with Crippen molar-refractivity contribution in [2.45, 2.75) is 39.8 Å². The van der Waals surface area contributed by atoms with Crippen LogP contribution in [0.15, 0.2) is 0 Å². The van der Waals surface area contributed by atoms with Gasteiger partial charge < -0.3 is 10.4 Å². The molecule has 0 radical (unpaired) electrons. The lowest BCUT2D eigenvalue weighted by Gasteiger charge is -2.09. The van der Waals surface area contributed by atoms with Crippen molar-refractivity contribution in [1.29, 1.82) is 0 Å². The lowest BCUT2D eigenvalue weighted by atomic mass is 10.3. The first-order chi connectivity index (χ1) is 9.23. The summed E-state index contributed by atoms with van der Waals surface area (Å²) in [4.78, 5) is 32.4. The van der Waals surface area contributed by atoms with E-state index in [0.29, 0.717) is 5.69 Å². The summed E-state index contributed by atoms with van der Waals surface area (Å²) in [5, 5.41) is 25.8. The van der Waals surface area contributed by atoms with Gasteiger partial charge in [0.2, 0.25) is 5.91 Å². The monoisotopic (exact) mass is 284 g/mol. The Hall–Kier alpha value is -2.45. The SMILES string of the molecule is Cc1nn(CCC(=O)N[C@H](C)C(=O)O)c(C)c1[N+](=O)[O-].